The molecule has 0 radical (unpaired) electrons. The number of anilines is 1. The second-order valence-corrected chi connectivity index (χ2v) is 5.76. The molecule has 112 valence electrons. The van der Waals surface area contributed by atoms with E-state index in [1.54, 1.807) is 6.20 Å². The lowest BCUT2D eigenvalue weighted by Crippen LogP contribution is -2.40. The number of nitrogens with zero attached hydrogens (tertiary/aromatic N) is 4. The SMILES string of the molecule is Cc1nccn1-c1ccc(NCC2CCCCN2C)cn1. The summed E-state index contributed by atoms with van der Waals surface area (Å²) in [7, 11) is 2.22. The maximum absolute atomic E-state index is 4.51. The molecule has 0 aliphatic carbocycles. The lowest BCUT2D eigenvalue weighted by molar-refractivity contribution is 0.194. The minimum Gasteiger partial charge on any atom is -0.382 e. The van der Waals surface area contributed by atoms with Crippen LogP contribution in [0.1, 0.15) is 25.1 Å². The summed E-state index contributed by atoms with van der Waals surface area (Å²) in [6, 6.07) is 4.75. The summed E-state index contributed by atoms with van der Waals surface area (Å²) in [5.41, 5.74) is 1.08. The van der Waals surface area contributed by atoms with Gasteiger partial charge < -0.3 is 10.2 Å². The molecule has 1 unspecified atom stereocenters. The summed E-state index contributed by atoms with van der Waals surface area (Å²) in [6.07, 6.45) is 9.58. The summed E-state index contributed by atoms with van der Waals surface area (Å²) in [4.78, 5) is 11.2. The van der Waals surface area contributed by atoms with Gasteiger partial charge in [0.2, 0.25) is 0 Å². The number of likely N-dealkylation sites (N-methyl/N-ethyl adjacent to an activating group) is 1. The first-order chi connectivity index (χ1) is 10.2. The van der Waals surface area contributed by atoms with Crippen LogP contribution >= 0.6 is 0 Å². The Hall–Kier alpha value is -1.88. The van der Waals surface area contributed by atoms with E-state index in [9.17, 15) is 0 Å². The smallest absolute Gasteiger partial charge is 0.138 e. The molecule has 1 atom stereocenters. The van der Waals surface area contributed by atoms with Crippen LogP contribution in [-0.2, 0) is 0 Å². The number of piperidine rings is 1. The van der Waals surface area contributed by atoms with Crippen LogP contribution in [0.4, 0.5) is 5.69 Å². The van der Waals surface area contributed by atoms with Gasteiger partial charge >= 0.3 is 0 Å². The van der Waals surface area contributed by atoms with Gasteiger partial charge in [0.25, 0.3) is 0 Å². The van der Waals surface area contributed by atoms with Crippen molar-refractivity contribution in [2.45, 2.75) is 32.2 Å². The van der Waals surface area contributed by atoms with E-state index in [1.807, 2.05) is 30.0 Å². The molecule has 2 aromatic rings. The molecule has 2 aromatic heterocycles. The number of pyridine rings is 1. The highest BCUT2D eigenvalue weighted by atomic mass is 15.2. The number of rotatable bonds is 4. The van der Waals surface area contributed by atoms with E-state index in [2.05, 4.69) is 33.3 Å². The van der Waals surface area contributed by atoms with Gasteiger partial charge in [-0.3, -0.25) is 4.57 Å². The molecule has 5 heteroatoms. The average molecular weight is 285 g/mol. The minimum atomic E-state index is 0.634. The van der Waals surface area contributed by atoms with Gasteiger partial charge in [0.1, 0.15) is 11.6 Å². The van der Waals surface area contributed by atoms with Crippen LogP contribution in [0.3, 0.4) is 0 Å². The van der Waals surface area contributed by atoms with Crippen molar-refractivity contribution in [2.24, 2.45) is 0 Å². The van der Waals surface area contributed by atoms with Crippen molar-refractivity contribution < 1.29 is 0 Å². The molecule has 0 aromatic carbocycles. The third-order valence-electron chi connectivity index (χ3n) is 4.28. The number of aryl methyl sites for hydroxylation is 1. The van der Waals surface area contributed by atoms with Gasteiger partial charge in [-0.25, -0.2) is 9.97 Å². The van der Waals surface area contributed by atoms with Crippen molar-refractivity contribution in [3.63, 3.8) is 0 Å². The standard InChI is InChI=1S/C16H23N5/c1-13-17-8-10-21(13)16-7-6-14(11-19-16)18-12-15-5-3-4-9-20(15)2/h6-8,10-11,15,18H,3-5,9,12H2,1-2H3. The Morgan fingerprint density at radius 2 is 2.19 bits per heavy atom. The number of likely N-dealkylation sites (tertiary alicyclic amines) is 1. The summed E-state index contributed by atoms with van der Waals surface area (Å²) in [5, 5.41) is 3.50. The topological polar surface area (TPSA) is 46.0 Å². The van der Waals surface area contributed by atoms with Crippen LogP contribution < -0.4 is 5.32 Å². The van der Waals surface area contributed by atoms with Crippen molar-refractivity contribution >= 4 is 5.69 Å². The third-order valence-corrected chi connectivity index (χ3v) is 4.28. The van der Waals surface area contributed by atoms with Gasteiger partial charge in [-0.05, 0) is 45.5 Å². The van der Waals surface area contributed by atoms with E-state index in [-0.39, 0.29) is 0 Å². The van der Waals surface area contributed by atoms with E-state index in [0.29, 0.717) is 6.04 Å². The summed E-state index contributed by atoms with van der Waals surface area (Å²) >= 11 is 0. The average Bonchev–Trinajstić information content (AvgIpc) is 2.93. The highest BCUT2D eigenvalue weighted by Gasteiger charge is 2.18. The molecule has 3 heterocycles. The Morgan fingerprint density at radius 1 is 1.29 bits per heavy atom. The second-order valence-electron chi connectivity index (χ2n) is 5.76. The Labute approximate surface area is 126 Å². The Bertz CT molecular complexity index is 575. The normalized spacial score (nSPS) is 19.6. The number of nitrogens with one attached hydrogen (secondary N) is 1. The molecule has 1 saturated heterocycles. The molecule has 1 fully saturated rings. The molecule has 21 heavy (non-hydrogen) atoms. The van der Waals surface area contributed by atoms with Gasteiger partial charge in [-0.1, -0.05) is 6.42 Å². The lowest BCUT2D eigenvalue weighted by atomic mass is 10.0. The van der Waals surface area contributed by atoms with Crippen molar-refractivity contribution in [2.75, 3.05) is 25.5 Å². The Kier molecular flexibility index (Phi) is 4.20. The first kappa shape index (κ1) is 14.1. The van der Waals surface area contributed by atoms with Gasteiger partial charge in [-0.2, -0.15) is 0 Å². The lowest BCUT2D eigenvalue weighted by Gasteiger charge is -2.32. The van der Waals surface area contributed by atoms with Crippen LogP contribution in [0.25, 0.3) is 5.82 Å². The zero-order chi connectivity index (χ0) is 14.7. The van der Waals surface area contributed by atoms with Gasteiger partial charge in [0.15, 0.2) is 0 Å². The third kappa shape index (κ3) is 3.24. The van der Waals surface area contributed by atoms with Crippen LogP contribution in [0.5, 0.6) is 0 Å². The predicted octanol–water partition coefficient (Wildman–Crippen LogP) is 2.47. The number of hydrogen-bond acceptors (Lipinski definition) is 4. The van der Waals surface area contributed by atoms with Gasteiger partial charge in [0, 0.05) is 25.0 Å². The van der Waals surface area contributed by atoms with Crippen LogP contribution in [-0.4, -0.2) is 45.6 Å². The minimum absolute atomic E-state index is 0.634. The molecule has 0 spiro atoms. The van der Waals surface area contributed by atoms with Crippen molar-refractivity contribution in [3.8, 4) is 5.82 Å². The fraction of sp³-hybridized carbons (Fsp3) is 0.500. The zero-order valence-corrected chi connectivity index (χ0v) is 12.8. The monoisotopic (exact) mass is 285 g/mol. The quantitative estimate of drug-likeness (QED) is 0.937. The number of aromatic nitrogens is 3. The fourth-order valence-corrected chi connectivity index (χ4v) is 2.89. The number of hydrogen-bond donors (Lipinski definition) is 1. The molecule has 3 rings (SSSR count). The molecular weight excluding hydrogens is 262 g/mol. The van der Waals surface area contributed by atoms with E-state index in [4.69, 9.17) is 0 Å². The Balaban J connectivity index is 1.61. The predicted molar refractivity (Wildman–Crippen MR) is 84.9 cm³/mol. The molecule has 1 aliphatic heterocycles. The molecule has 0 amide bonds. The highest BCUT2D eigenvalue weighted by molar-refractivity contribution is 5.44. The van der Waals surface area contributed by atoms with Gasteiger partial charge in [0.05, 0.1) is 11.9 Å². The summed E-state index contributed by atoms with van der Waals surface area (Å²) < 4.78 is 1.98. The summed E-state index contributed by atoms with van der Waals surface area (Å²) in [6.45, 7) is 4.18. The van der Waals surface area contributed by atoms with E-state index in [1.165, 1.54) is 25.8 Å². The van der Waals surface area contributed by atoms with E-state index >= 15 is 0 Å². The number of imidazole rings is 1. The van der Waals surface area contributed by atoms with Crippen LogP contribution in [0.2, 0.25) is 0 Å². The van der Waals surface area contributed by atoms with E-state index in [0.717, 1.165) is 23.9 Å². The molecule has 1 N–H and O–H groups in total. The summed E-state index contributed by atoms with van der Waals surface area (Å²) in [5.74, 6) is 1.86. The van der Waals surface area contributed by atoms with Crippen molar-refractivity contribution in [3.05, 3.63) is 36.5 Å². The maximum Gasteiger partial charge on any atom is 0.138 e. The van der Waals surface area contributed by atoms with Gasteiger partial charge in [-0.15, -0.1) is 0 Å². The van der Waals surface area contributed by atoms with Crippen molar-refractivity contribution in [1.82, 2.24) is 19.4 Å². The van der Waals surface area contributed by atoms with E-state index < -0.39 is 0 Å². The Morgan fingerprint density at radius 3 is 2.86 bits per heavy atom. The first-order valence-corrected chi connectivity index (χ1v) is 7.64. The highest BCUT2D eigenvalue weighted by Crippen LogP contribution is 2.16. The molecule has 0 bridgehead atoms. The maximum atomic E-state index is 4.51. The molecule has 5 nitrogen and oxygen atoms in total. The van der Waals surface area contributed by atoms with Crippen LogP contribution in [0, 0.1) is 6.92 Å². The largest absolute Gasteiger partial charge is 0.382 e. The van der Waals surface area contributed by atoms with Crippen molar-refractivity contribution in [1.29, 1.82) is 0 Å². The zero-order valence-electron chi connectivity index (χ0n) is 12.8. The molecule has 1 aliphatic rings. The molecule has 0 saturated carbocycles. The van der Waals surface area contributed by atoms with Crippen LogP contribution in [0.15, 0.2) is 30.7 Å². The first-order valence-electron chi connectivity index (χ1n) is 7.64. The fourth-order valence-electron chi connectivity index (χ4n) is 2.89. The molecular formula is C16H23N5. The second kappa shape index (κ2) is 6.26.